The molecule has 0 radical (unpaired) electrons. The summed E-state index contributed by atoms with van der Waals surface area (Å²) in [6.45, 7) is 4.70. The fourth-order valence-corrected chi connectivity index (χ4v) is 4.48. The van der Waals surface area contributed by atoms with E-state index in [1.165, 1.54) is 29.1 Å². The summed E-state index contributed by atoms with van der Waals surface area (Å²) in [4.78, 5) is 35.6. The van der Waals surface area contributed by atoms with Crippen molar-refractivity contribution in [2.24, 2.45) is 5.73 Å². The SMILES string of the molecule is Cc1nc(NC(=O)N2CCC[C@H]2C(N)=O)sc1-c1ccnc(C2(C)CC2)c1. The van der Waals surface area contributed by atoms with Gasteiger partial charge < -0.3 is 10.6 Å². The number of carbonyl (C=O) groups excluding carboxylic acids is 2. The Kier molecular flexibility index (Phi) is 4.38. The van der Waals surface area contributed by atoms with E-state index in [1.54, 1.807) is 0 Å². The zero-order chi connectivity index (χ0) is 19.2. The van der Waals surface area contributed by atoms with Gasteiger partial charge in [0.15, 0.2) is 5.13 Å². The average molecular weight is 385 g/mol. The van der Waals surface area contributed by atoms with Crippen molar-refractivity contribution in [1.29, 1.82) is 0 Å². The van der Waals surface area contributed by atoms with E-state index >= 15 is 0 Å². The van der Waals surface area contributed by atoms with Crippen LogP contribution in [0.3, 0.4) is 0 Å². The van der Waals surface area contributed by atoms with Crippen LogP contribution in [0, 0.1) is 6.92 Å². The normalized spacial score (nSPS) is 20.5. The molecule has 0 spiro atoms. The molecule has 1 saturated heterocycles. The number of carbonyl (C=O) groups is 2. The van der Waals surface area contributed by atoms with Gasteiger partial charge in [-0.2, -0.15) is 0 Å². The first-order valence-electron chi connectivity index (χ1n) is 9.19. The number of rotatable bonds is 4. The molecule has 3 heterocycles. The van der Waals surface area contributed by atoms with E-state index < -0.39 is 11.9 Å². The van der Waals surface area contributed by atoms with Crippen LogP contribution in [0.5, 0.6) is 0 Å². The maximum Gasteiger partial charge on any atom is 0.324 e. The molecule has 1 aliphatic heterocycles. The van der Waals surface area contributed by atoms with Gasteiger partial charge in [0.1, 0.15) is 6.04 Å². The molecular formula is C19H23N5O2S. The first-order valence-corrected chi connectivity index (χ1v) is 10.0. The average Bonchev–Trinajstić information content (AvgIpc) is 3.07. The highest BCUT2D eigenvalue weighted by atomic mass is 32.1. The molecule has 0 bridgehead atoms. The number of nitrogens with two attached hydrogens (primary N) is 1. The van der Waals surface area contributed by atoms with Gasteiger partial charge in [-0.25, -0.2) is 9.78 Å². The zero-order valence-electron chi connectivity index (χ0n) is 15.5. The molecule has 142 valence electrons. The van der Waals surface area contributed by atoms with Crippen LogP contribution in [0.25, 0.3) is 10.4 Å². The van der Waals surface area contributed by atoms with E-state index in [-0.39, 0.29) is 11.4 Å². The lowest BCUT2D eigenvalue weighted by atomic mass is 10.0. The number of amides is 3. The summed E-state index contributed by atoms with van der Waals surface area (Å²) in [5.74, 6) is -0.462. The Morgan fingerprint density at radius 1 is 1.41 bits per heavy atom. The number of nitrogens with one attached hydrogen (secondary N) is 1. The number of anilines is 1. The smallest absolute Gasteiger partial charge is 0.324 e. The highest BCUT2D eigenvalue weighted by molar-refractivity contribution is 7.19. The van der Waals surface area contributed by atoms with Gasteiger partial charge in [0, 0.05) is 23.9 Å². The molecule has 1 atom stereocenters. The molecule has 7 nitrogen and oxygen atoms in total. The Morgan fingerprint density at radius 2 is 2.19 bits per heavy atom. The zero-order valence-corrected chi connectivity index (χ0v) is 16.3. The number of pyridine rings is 1. The first kappa shape index (κ1) is 17.9. The second kappa shape index (κ2) is 6.60. The molecule has 2 aromatic rings. The summed E-state index contributed by atoms with van der Waals surface area (Å²) >= 11 is 1.44. The van der Waals surface area contributed by atoms with E-state index in [2.05, 4.69) is 28.3 Å². The van der Waals surface area contributed by atoms with Gasteiger partial charge in [0.05, 0.1) is 10.6 Å². The van der Waals surface area contributed by atoms with E-state index in [9.17, 15) is 9.59 Å². The maximum absolute atomic E-state index is 12.5. The van der Waals surface area contributed by atoms with Gasteiger partial charge in [-0.05, 0) is 50.3 Å². The molecule has 1 aliphatic carbocycles. The third-order valence-corrected chi connectivity index (χ3v) is 6.61. The van der Waals surface area contributed by atoms with Crippen LogP contribution in [-0.4, -0.2) is 39.4 Å². The lowest BCUT2D eigenvalue weighted by Gasteiger charge is -2.21. The van der Waals surface area contributed by atoms with Gasteiger partial charge in [0.25, 0.3) is 0 Å². The molecule has 2 aliphatic rings. The first-order chi connectivity index (χ1) is 12.9. The number of aryl methyl sites for hydroxylation is 1. The van der Waals surface area contributed by atoms with Crippen LogP contribution < -0.4 is 11.1 Å². The van der Waals surface area contributed by atoms with Crippen molar-refractivity contribution in [2.75, 3.05) is 11.9 Å². The molecular weight excluding hydrogens is 362 g/mol. The van der Waals surface area contributed by atoms with E-state index in [0.717, 1.165) is 28.2 Å². The maximum atomic E-state index is 12.5. The van der Waals surface area contributed by atoms with Crippen LogP contribution >= 0.6 is 11.3 Å². The fourth-order valence-electron chi connectivity index (χ4n) is 3.53. The number of primary amides is 1. The van der Waals surface area contributed by atoms with Crippen molar-refractivity contribution in [1.82, 2.24) is 14.9 Å². The molecule has 1 saturated carbocycles. The van der Waals surface area contributed by atoms with Crippen LogP contribution in [-0.2, 0) is 10.2 Å². The van der Waals surface area contributed by atoms with Crippen molar-refractivity contribution in [2.45, 2.75) is 51.0 Å². The quantitative estimate of drug-likeness (QED) is 0.844. The van der Waals surface area contributed by atoms with Crippen molar-refractivity contribution >= 4 is 28.4 Å². The standard InChI is InChI=1S/C19H23N5O2S/c1-11-15(12-5-8-21-14(10-12)19(2)6-7-19)27-17(22-11)23-18(26)24-9-3-4-13(24)16(20)25/h5,8,10,13H,3-4,6-7,9H2,1-2H3,(H2,20,25)(H,22,23,26)/t13-/m0/s1. The summed E-state index contributed by atoms with van der Waals surface area (Å²) in [6.07, 6.45) is 5.57. The molecule has 0 unspecified atom stereocenters. The Bertz CT molecular complexity index is 905. The van der Waals surface area contributed by atoms with Crippen molar-refractivity contribution in [3.05, 3.63) is 29.7 Å². The highest BCUT2D eigenvalue weighted by Gasteiger charge is 2.40. The molecule has 27 heavy (non-hydrogen) atoms. The number of nitrogens with zero attached hydrogens (tertiary/aromatic N) is 3. The topological polar surface area (TPSA) is 101 Å². The fraction of sp³-hybridized carbons (Fsp3) is 0.474. The minimum absolute atomic E-state index is 0.200. The third-order valence-electron chi connectivity index (χ3n) is 5.49. The van der Waals surface area contributed by atoms with Gasteiger partial charge in [-0.1, -0.05) is 18.3 Å². The molecule has 3 N–H and O–H groups in total. The largest absolute Gasteiger partial charge is 0.368 e. The van der Waals surface area contributed by atoms with E-state index in [1.807, 2.05) is 19.2 Å². The Hall–Kier alpha value is -2.48. The second-order valence-electron chi connectivity index (χ2n) is 7.61. The summed E-state index contributed by atoms with van der Waals surface area (Å²) in [5, 5.41) is 3.35. The molecule has 4 rings (SSSR count). The minimum Gasteiger partial charge on any atom is -0.368 e. The van der Waals surface area contributed by atoms with Gasteiger partial charge >= 0.3 is 6.03 Å². The second-order valence-corrected chi connectivity index (χ2v) is 8.61. The van der Waals surface area contributed by atoms with Crippen molar-refractivity contribution in [3.63, 3.8) is 0 Å². The summed E-state index contributed by atoms with van der Waals surface area (Å²) in [5.41, 5.74) is 8.64. The van der Waals surface area contributed by atoms with E-state index in [0.29, 0.717) is 18.1 Å². The number of aromatic nitrogens is 2. The predicted octanol–water partition coefficient (Wildman–Crippen LogP) is 3.05. The Balaban J connectivity index is 1.54. The number of thiazole rings is 1. The van der Waals surface area contributed by atoms with Gasteiger partial charge in [0.2, 0.25) is 5.91 Å². The van der Waals surface area contributed by atoms with Crippen LogP contribution in [0.4, 0.5) is 9.93 Å². The molecule has 0 aromatic carbocycles. The third kappa shape index (κ3) is 3.41. The van der Waals surface area contributed by atoms with Crippen molar-refractivity contribution < 1.29 is 9.59 Å². The number of hydrogen-bond acceptors (Lipinski definition) is 5. The Morgan fingerprint density at radius 3 is 2.89 bits per heavy atom. The Labute approximate surface area is 162 Å². The minimum atomic E-state index is -0.535. The summed E-state index contributed by atoms with van der Waals surface area (Å²) < 4.78 is 0. The predicted molar refractivity (Wildman–Crippen MR) is 105 cm³/mol. The highest BCUT2D eigenvalue weighted by Crippen LogP contribution is 2.47. The molecule has 8 heteroatoms. The molecule has 3 amide bonds. The summed E-state index contributed by atoms with van der Waals surface area (Å²) in [7, 11) is 0. The van der Waals surface area contributed by atoms with Crippen LogP contribution in [0.1, 0.15) is 44.0 Å². The number of hydrogen-bond donors (Lipinski definition) is 2. The lowest BCUT2D eigenvalue weighted by Crippen LogP contribution is -2.45. The van der Waals surface area contributed by atoms with Crippen molar-refractivity contribution in [3.8, 4) is 10.4 Å². The molecule has 2 aromatic heterocycles. The number of likely N-dealkylation sites (tertiary alicyclic amines) is 1. The molecule has 2 fully saturated rings. The van der Waals surface area contributed by atoms with Gasteiger partial charge in [-0.15, -0.1) is 0 Å². The van der Waals surface area contributed by atoms with Gasteiger partial charge in [-0.3, -0.25) is 15.1 Å². The van der Waals surface area contributed by atoms with Crippen LogP contribution in [0.2, 0.25) is 0 Å². The summed E-state index contributed by atoms with van der Waals surface area (Å²) in [6, 6.07) is 3.25. The number of urea groups is 1. The monoisotopic (exact) mass is 385 g/mol. The lowest BCUT2D eigenvalue weighted by molar-refractivity contribution is -0.121. The van der Waals surface area contributed by atoms with Crippen LogP contribution in [0.15, 0.2) is 18.3 Å². The van der Waals surface area contributed by atoms with E-state index in [4.69, 9.17) is 5.73 Å².